The summed E-state index contributed by atoms with van der Waals surface area (Å²) in [6.07, 6.45) is 5.17. The van der Waals surface area contributed by atoms with Crippen molar-refractivity contribution in [2.75, 3.05) is 18.5 Å². The van der Waals surface area contributed by atoms with Crippen LogP contribution in [0.15, 0.2) is 42.5 Å². The molecule has 1 fully saturated rings. The van der Waals surface area contributed by atoms with E-state index in [1.807, 2.05) is 24.3 Å². The van der Waals surface area contributed by atoms with Crippen LogP contribution in [0.1, 0.15) is 47.5 Å². The number of benzene rings is 2. The monoisotopic (exact) mass is 323 g/mol. The van der Waals surface area contributed by atoms with Crippen molar-refractivity contribution in [3.05, 3.63) is 53.6 Å². The van der Waals surface area contributed by atoms with Crippen LogP contribution in [0.4, 0.5) is 5.69 Å². The van der Waals surface area contributed by atoms with E-state index in [1.54, 1.807) is 6.07 Å². The van der Waals surface area contributed by atoms with E-state index in [4.69, 9.17) is 9.47 Å². The van der Waals surface area contributed by atoms with Gasteiger partial charge in [0, 0.05) is 17.3 Å². The first-order valence-corrected chi connectivity index (χ1v) is 8.60. The van der Waals surface area contributed by atoms with Gasteiger partial charge in [0.05, 0.1) is 0 Å². The zero-order valence-electron chi connectivity index (χ0n) is 13.6. The molecule has 0 atom stereocenters. The average Bonchev–Trinajstić information content (AvgIpc) is 3.16. The maximum Gasteiger partial charge on any atom is 0.255 e. The first-order valence-electron chi connectivity index (χ1n) is 8.60. The van der Waals surface area contributed by atoms with Gasteiger partial charge in [0.1, 0.15) is 13.2 Å². The Morgan fingerprint density at radius 2 is 1.62 bits per heavy atom. The van der Waals surface area contributed by atoms with Gasteiger partial charge in [-0.2, -0.15) is 0 Å². The molecule has 2 aliphatic rings. The molecule has 4 rings (SSSR count). The van der Waals surface area contributed by atoms with Gasteiger partial charge >= 0.3 is 0 Å². The average molecular weight is 323 g/mol. The van der Waals surface area contributed by atoms with Crippen molar-refractivity contribution in [1.29, 1.82) is 0 Å². The van der Waals surface area contributed by atoms with Crippen molar-refractivity contribution < 1.29 is 14.3 Å². The first-order chi connectivity index (χ1) is 11.8. The zero-order valence-corrected chi connectivity index (χ0v) is 13.6. The molecule has 0 radical (unpaired) electrons. The number of fused-ring (bicyclic) bond motifs is 1. The number of amides is 1. The van der Waals surface area contributed by atoms with Gasteiger partial charge in [-0.3, -0.25) is 4.79 Å². The summed E-state index contributed by atoms with van der Waals surface area (Å²) in [6.45, 7) is 1.10. The van der Waals surface area contributed by atoms with Gasteiger partial charge in [-0.05, 0) is 48.6 Å². The van der Waals surface area contributed by atoms with Crippen molar-refractivity contribution >= 4 is 11.6 Å². The van der Waals surface area contributed by atoms with E-state index in [9.17, 15) is 4.79 Å². The Hall–Kier alpha value is -2.49. The number of rotatable bonds is 3. The Morgan fingerprint density at radius 3 is 2.38 bits per heavy atom. The number of anilines is 1. The van der Waals surface area contributed by atoms with E-state index in [1.165, 1.54) is 31.2 Å². The van der Waals surface area contributed by atoms with Gasteiger partial charge in [0.25, 0.3) is 5.91 Å². The standard InChI is InChI=1S/C20H21NO3/c22-20(16-7-5-15(6-8-16)14-3-1-2-4-14)21-17-9-10-18-19(13-17)24-12-11-23-18/h5-10,13-14H,1-4,11-12H2,(H,21,22). The van der Waals surface area contributed by atoms with Crippen LogP contribution in [-0.4, -0.2) is 19.1 Å². The summed E-state index contributed by atoms with van der Waals surface area (Å²) in [6, 6.07) is 13.5. The van der Waals surface area contributed by atoms with Crippen LogP contribution in [-0.2, 0) is 0 Å². The lowest BCUT2D eigenvalue weighted by Gasteiger charge is -2.19. The number of carbonyl (C=O) groups excluding carboxylic acids is 1. The SMILES string of the molecule is O=C(Nc1ccc2c(c1)OCCO2)c1ccc(C2CCCC2)cc1. The third-order valence-corrected chi connectivity index (χ3v) is 4.80. The van der Waals surface area contributed by atoms with Gasteiger partial charge in [-0.15, -0.1) is 0 Å². The lowest BCUT2D eigenvalue weighted by Crippen LogP contribution is -2.16. The van der Waals surface area contributed by atoms with E-state index < -0.39 is 0 Å². The van der Waals surface area contributed by atoms with E-state index >= 15 is 0 Å². The summed E-state index contributed by atoms with van der Waals surface area (Å²) < 4.78 is 11.0. The smallest absolute Gasteiger partial charge is 0.255 e. The molecule has 2 aromatic rings. The Bertz CT molecular complexity index is 733. The lowest BCUT2D eigenvalue weighted by atomic mass is 9.96. The van der Waals surface area contributed by atoms with Crippen LogP contribution in [0.3, 0.4) is 0 Å². The van der Waals surface area contributed by atoms with Crippen molar-refractivity contribution in [2.24, 2.45) is 0 Å². The molecule has 24 heavy (non-hydrogen) atoms. The molecule has 0 unspecified atom stereocenters. The van der Waals surface area contributed by atoms with Gasteiger partial charge in [0.15, 0.2) is 11.5 Å². The lowest BCUT2D eigenvalue weighted by molar-refractivity contribution is 0.102. The molecule has 2 aromatic carbocycles. The predicted octanol–water partition coefficient (Wildman–Crippen LogP) is 4.37. The molecule has 1 aliphatic heterocycles. The molecule has 4 heteroatoms. The minimum Gasteiger partial charge on any atom is -0.486 e. The molecule has 4 nitrogen and oxygen atoms in total. The Kier molecular flexibility index (Phi) is 4.11. The van der Waals surface area contributed by atoms with Gasteiger partial charge < -0.3 is 14.8 Å². The van der Waals surface area contributed by atoms with E-state index in [0.717, 1.165) is 5.75 Å². The number of nitrogens with one attached hydrogen (secondary N) is 1. The molecule has 124 valence electrons. The third-order valence-electron chi connectivity index (χ3n) is 4.80. The van der Waals surface area contributed by atoms with Crippen LogP contribution in [0.25, 0.3) is 0 Å². The third kappa shape index (κ3) is 3.09. The van der Waals surface area contributed by atoms with Gasteiger partial charge in [0.2, 0.25) is 0 Å². The molecule has 0 bridgehead atoms. The molecule has 1 heterocycles. The van der Waals surface area contributed by atoms with Crippen LogP contribution in [0.2, 0.25) is 0 Å². The summed E-state index contributed by atoms with van der Waals surface area (Å²) >= 11 is 0. The number of carbonyl (C=O) groups is 1. The van der Waals surface area contributed by atoms with Crippen molar-refractivity contribution in [2.45, 2.75) is 31.6 Å². The maximum absolute atomic E-state index is 12.4. The number of hydrogen-bond donors (Lipinski definition) is 1. The van der Waals surface area contributed by atoms with E-state index in [2.05, 4.69) is 17.4 Å². The highest BCUT2D eigenvalue weighted by Gasteiger charge is 2.17. The summed E-state index contributed by atoms with van der Waals surface area (Å²) in [7, 11) is 0. The summed E-state index contributed by atoms with van der Waals surface area (Å²) in [5.74, 6) is 1.96. The second-order valence-corrected chi connectivity index (χ2v) is 6.42. The molecular weight excluding hydrogens is 302 g/mol. The Balaban J connectivity index is 1.45. The summed E-state index contributed by atoms with van der Waals surface area (Å²) in [5.41, 5.74) is 2.74. The maximum atomic E-state index is 12.4. The Morgan fingerprint density at radius 1 is 0.917 bits per heavy atom. The molecule has 1 amide bonds. The summed E-state index contributed by atoms with van der Waals surface area (Å²) in [4.78, 5) is 12.4. The highest BCUT2D eigenvalue weighted by molar-refractivity contribution is 6.04. The van der Waals surface area contributed by atoms with Gasteiger partial charge in [-0.25, -0.2) is 0 Å². The van der Waals surface area contributed by atoms with E-state index in [-0.39, 0.29) is 5.91 Å². The zero-order chi connectivity index (χ0) is 16.4. The Labute approximate surface area is 141 Å². The fourth-order valence-corrected chi connectivity index (χ4v) is 3.49. The van der Waals surface area contributed by atoms with Crippen molar-refractivity contribution in [1.82, 2.24) is 0 Å². The first kappa shape index (κ1) is 15.1. The fraction of sp³-hybridized carbons (Fsp3) is 0.350. The minimum atomic E-state index is -0.107. The molecule has 1 aliphatic carbocycles. The number of hydrogen-bond acceptors (Lipinski definition) is 3. The second-order valence-electron chi connectivity index (χ2n) is 6.42. The van der Waals surface area contributed by atoms with Gasteiger partial charge in [-0.1, -0.05) is 25.0 Å². The minimum absolute atomic E-state index is 0.107. The molecule has 1 saturated carbocycles. The normalized spacial score (nSPS) is 16.8. The number of ether oxygens (including phenoxy) is 2. The van der Waals surface area contributed by atoms with Crippen molar-refractivity contribution in [3.8, 4) is 11.5 Å². The largest absolute Gasteiger partial charge is 0.486 e. The fourth-order valence-electron chi connectivity index (χ4n) is 3.49. The molecule has 0 aromatic heterocycles. The van der Waals surface area contributed by atoms with E-state index in [0.29, 0.717) is 36.1 Å². The molecule has 0 spiro atoms. The molecular formula is C20H21NO3. The van der Waals surface area contributed by atoms with Crippen LogP contribution in [0, 0.1) is 0 Å². The topological polar surface area (TPSA) is 47.6 Å². The molecule has 1 N–H and O–H groups in total. The highest BCUT2D eigenvalue weighted by Crippen LogP contribution is 2.34. The van der Waals surface area contributed by atoms with Crippen LogP contribution in [0.5, 0.6) is 11.5 Å². The summed E-state index contributed by atoms with van der Waals surface area (Å²) in [5, 5.41) is 2.92. The molecule has 0 saturated heterocycles. The van der Waals surface area contributed by atoms with Crippen molar-refractivity contribution in [3.63, 3.8) is 0 Å². The highest BCUT2D eigenvalue weighted by atomic mass is 16.6. The van der Waals surface area contributed by atoms with Crippen LogP contribution >= 0.6 is 0 Å². The predicted molar refractivity (Wildman–Crippen MR) is 93.0 cm³/mol. The quantitative estimate of drug-likeness (QED) is 0.912. The second kappa shape index (κ2) is 6.56. The van der Waals surface area contributed by atoms with Crippen LogP contribution < -0.4 is 14.8 Å².